The van der Waals surface area contributed by atoms with Crippen LogP contribution in [-0.2, 0) is 52.0 Å². The van der Waals surface area contributed by atoms with Gasteiger partial charge in [-0.25, -0.2) is 19.9 Å². The van der Waals surface area contributed by atoms with Crippen LogP contribution < -0.4 is 71.2 Å². The molecule has 0 aliphatic rings. The summed E-state index contributed by atoms with van der Waals surface area (Å²) < 4.78 is 24.5. The number of carbonyl (C=O) groups is 7. The summed E-state index contributed by atoms with van der Waals surface area (Å²) in [4.78, 5) is 110. The van der Waals surface area contributed by atoms with Crippen LogP contribution in [0.5, 0.6) is 0 Å². The van der Waals surface area contributed by atoms with E-state index in [1.807, 2.05) is 19.2 Å². The van der Waals surface area contributed by atoms with Crippen LogP contribution >= 0.6 is 22.7 Å². The van der Waals surface area contributed by atoms with Crippen molar-refractivity contribution in [1.82, 2.24) is 62.5 Å². The van der Waals surface area contributed by atoms with Crippen LogP contribution in [0.25, 0.3) is 10.7 Å². The van der Waals surface area contributed by atoms with Gasteiger partial charge in [-0.1, -0.05) is 20.8 Å². The third kappa shape index (κ3) is 25.7. The zero-order chi connectivity index (χ0) is 60.2. The molecule has 0 aliphatic heterocycles. The molecule has 454 valence electrons. The number of unbranched alkanes of at least 4 members (excludes halogenated alkanes) is 1. The maximum atomic E-state index is 14.2. The summed E-state index contributed by atoms with van der Waals surface area (Å²) in [7, 11) is -2.75. The highest BCUT2D eigenvalue weighted by atomic mass is 32.2. The first kappa shape index (κ1) is 69.8. The standard InChI is InChI=1S/C50H85N17O10S4/c1-28(2)23-34(64-48(74)33(13-22-81(6)77)63-49(75)40-29(3)42(54)67-44(66-40)35(24-38(53)68)60-25-31(52)43(55)70)41(69)30(4)45(71)62-32(12-21-80(5)76)46(72)59-20-11-39-61-37(27-78-39)50-65-36(26-79-50)47(73)58-19-10-18-57-16-8-7-15-56-17-9-14-51/h26-28,30-35,41,56-57,60,69H,7-25,51-52H2,1-6H3,(H2,53,68)(H2,55,70)(H,58,73)(H,59,72)(H,62,71)(H,63,75)(H,64,74)(H2,54,66,67)/t30-,31-,32-,33-,34+,35-,41-,80?,81?/m0/s1. The van der Waals surface area contributed by atoms with Crippen LogP contribution in [-0.4, -0.2) is 181 Å². The number of rotatable bonds is 41. The molecule has 0 aromatic carbocycles. The van der Waals surface area contributed by atoms with Crippen LogP contribution in [0.1, 0.15) is 116 Å². The van der Waals surface area contributed by atoms with Crippen molar-refractivity contribution in [3.05, 3.63) is 38.5 Å². The number of aliphatic hydroxyl groups is 1. The predicted octanol–water partition coefficient (Wildman–Crippen LogP) is -2.30. The van der Waals surface area contributed by atoms with Crippen molar-refractivity contribution in [2.75, 3.05) is 82.1 Å². The molecule has 7 amide bonds. The first-order chi connectivity index (χ1) is 38.4. The first-order valence-electron chi connectivity index (χ1n) is 26.9. The van der Waals surface area contributed by atoms with Crippen LogP contribution in [0.4, 0.5) is 5.82 Å². The molecule has 2 unspecified atom stereocenters. The van der Waals surface area contributed by atoms with Crippen molar-refractivity contribution in [2.45, 2.75) is 122 Å². The Morgan fingerprint density at radius 1 is 0.728 bits per heavy atom. The van der Waals surface area contributed by atoms with Gasteiger partial charge < -0.3 is 76.3 Å². The Balaban J connectivity index is 1.65. The van der Waals surface area contributed by atoms with Gasteiger partial charge in [0, 0.05) is 94.4 Å². The fourth-order valence-corrected chi connectivity index (χ4v) is 10.6. The number of nitrogens with zero attached hydrogens (tertiary/aromatic N) is 4. The summed E-state index contributed by atoms with van der Waals surface area (Å²) in [5.74, 6) is -6.47. The zero-order valence-corrected chi connectivity index (χ0v) is 50.4. The second-order valence-corrected chi connectivity index (χ2v) is 24.9. The summed E-state index contributed by atoms with van der Waals surface area (Å²) in [6, 6.07) is -5.81. The third-order valence-electron chi connectivity index (χ3n) is 12.6. The number of carbonyl (C=O) groups excluding carboxylic acids is 7. The quantitative estimate of drug-likeness (QED) is 0.0266. The third-order valence-corrected chi connectivity index (χ3v) is 16.0. The highest BCUT2D eigenvalue weighted by Crippen LogP contribution is 2.26. The van der Waals surface area contributed by atoms with Crippen LogP contribution in [0.15, 0.2) is 10.8 Å². The van der Waals surface area contributed by atoms with Crippen molar-refractivity contribution in [3.8, 4) is 10.7 Å². The lowest BCUT2D eigenvalue weighted by molar-refractivity contribution is -0.134. The predicted molar refractivity (Wildman–Crippen MR) is 315 cm³/mol. The smallest absolute Gasteiger partial charge is 0.271 e. The van der Waals surface area contributed by atoms with Crippen LogP contribution in [0.3, 0.4) is 0 Å². The molecule has 0 fully saturated rings. The first-order valence-corrected chi connectivity index (χ1v) is 32.1. The summed E-state index contributed by atoms with van der Waals surface area (Å²) in [6.45, 7) is 11.3. The van der Waals surface area contributed by atoms with Crippen molar-refractivity contribution in [3.63, 3.8) is 0 Å². The normalized spacial score (nSPS) is 14.8. The summed E-state index contributed by atoms with van der Waals surface area (Å²) in [6.07, 6.45) is 5.21. The molecule has 0 saturated heterocycles. The van der Waals surface area contributed by atoms with E-state index in [1.54, 1.807) is 5.38 Å². The minimum atomic E-state index is -1.53. The van der Waals surface area contributed by atoms with Crippen molar-refractivity contribution < 1.29 is 47.1 Å². The maximum Gasteiger partial charge on any atom is 0.271 e. The molecule has 81 heavy (non-hydrogen) atoms. The molecule has 3 aromatic rings. The second kappa shape index (κ2) is 36.8. The van der Waals surface area contributed by atoms with Gasteiger partial charge in [-0.05, 0) is 90.5 Å². The lowest BCUT2D eigenvalue weighted by Gasteiger charge is -2.31. The number of hydrogen-bond donors (Lipinski definition) is 14. The van der Waals surface area contributed by atoms with Crippen molar-refractivity contribution in [2.24, 2.45) is 34.8 Å². The molecule has 3 rings (SSSR count). The number of hydrogen-bond acceptors (Lipinski definition) is 22. The molecule has 3 aromatic heterocycles. The second-order valence-electron chi connectivity index (χ2n) is 20.0. The van der Waals surface area contributed by atoms with Gasteiger partial charge >= 0.3 is 0 Å². The number of anilines is 1. The maximum absolute atomic E-state index is 14.2. The molecule has 0 spiro atoms. The highest BCUT2D eigenvalue weighted by Gasteiger charge is 2.35. The molecular formula is C50H85N17O10S4. The molecular weight excluding hydrogens is 1130 g/mol. The van der Waals surface area contributed by atoms with E-state index in [9.17, 15) is 47.1 Å². The average molecular weight is 1210 g/mol. The van der Waals surface area contributed by atoms with E-state index in [0.717, 1.165) is 51.9 Å². The molecule has 0 saturated carbocycles. The summed E-state index contributed by atoms with van der Waals surface area (Å²) >= 11 is 2.65. The molecule has 0 bridgehead atoms. The summed E-state index contributed by atoms with van der Waals surface area (Å²) in [5.41, 5.74) is 28.9. The summed E-state index contributed by atoms with van der Waals surface area (Å²) in [5, 5.41) is 40.0. The number of primary amides is 2. The van der Waals surface area contributed by atoms with Gasteiger partial charge in [0.1, 0.15) is 45.8 Å². The molecule has 3 heterocycles. The Labute approximate surface area is 486 Å². The average Bonchev–Trinajstić information content (AvgIpc) is 4.13. The Kier molecular flexibility index (Phi) is 31.7. The largest absolute Gasteiger partial charge is 0.390 e. The molecule has 27 nitrogen and oxygen atoms in total. The van der Waals surface area contributed by atoms with Gasteiger partial charge in [0.05, 0.1) is 35.2 Å². The van der Waals surface area contributed by atoms with E-state index in [4.69, 9.17) is 28.7 Å². The molecule has 19 N–H and O–H groups in total. The van der Waals surface area contributed by atoms with E-state index in [1.165, 1.54) is 49.0 Å². The fourth-order valence-electron chi connectivity index (χ4n) is 7.89. The van der Waals surface area contributed by atoms with E-state index < -0.39 is 106 Å². The molecule has 0 aliphatic carbocycles. The minimum absolute atomic E-state index is 0.00738. The molecule has 31 heteroatoms. The van der Waals surface area contributed by atoms with Gasteiger partial charge in [0.25, 0.3) is 11.8 Å². The minimum Gasteiger partial charge on any atom is -0.390 e. The van der Waals surface area contributed by atoms with Gasteiger partial charge in [-0.3, -0.25) is 42.0 Å². The van der Waals surface area contributed by atoms with E-state index in [-0.39, 0.29) is 78.6 Å². The number of nitrogen functional groups attached to an aromatic ring is 1. The monoisotopic (exact) mass is 1210 g/mol. The van der Waals surface area contributed by atoms with Gasteiger partial charge in [0.15, 0.2) is 0 Å². The van der Waals surface area contributed by atoms with Crippen molar-refractivity contribution >= 4 is 91.4 Å². The van der Waals surface area contributed by atoms with Crippen molar-refractivity contribution in [1.29, 1.82) is 0 Å². The topological polar surface area (TPSA) is 452 Å². The Hall–Kier alpha value is -5.51. The van der Waals surface area contributed by atoms with E-state index >= 15 is 0 Å². The van der Waals surface area contributed by atoms with E-state index in [2.05, 4.69) is 62.5 Å². The van der Waals surface area contributed by atoms with Gasteiger partial charge in [-0.15, -0.1) is 22.7 Å². The highest BCUT2D eigenvalue weighted by molar-refractivity contribution is 7.84. The van der Waals surface area contributed by atoms with Crippen LogP contribution in [0.2, 0.25) is 0 Å². The van der Waals surface area contributed by atoms with Gasteiger partial charge in [-0.2, -0.15) is 0 Å². The fraction of sp³-hybridized carbons (Fsp3) is 0.660. The number of aliphatic hydroxyl groups excluding tert-OH is 1. The molecule has 0 radical (unpaired) electrons. The Morgan fingerprint density at radius 2 is 1.36 bits per heavy atom. The van der Waals surface area contributed by atoms with Crippen LogP contribution in [0, 0.1) is 18.8 Å². The number of nitrogens with two attached hydrogens (primary N) is 5. The number of aromatic nitrogens is 4. The Bertz CT molecular complexity index is 2570. The number of thiazole rings is 2. The SMILES string of the molecule is Cc1c(N)nc([C@H](CC(N)=O)NC[C@H](N)C(N)=O)nc1C(=O)N[C@@H](CCS(C)=O)C(=O)N[C@H](CC(C)C)[C@@H](O)[C@H](C)C(=O)N[C@@H](CCS(C)=O)C(=O)NCCc1nc(-c2nc(C(=O)NCCCNCCCCNCCCN)cs2)cs1. The zero-order valence-electron chi connectivity index (χ0n) is 47.1. The lowest BCUT2D eigenvalue weighted by atomic mass is 9.90. The molecule has 9 atom stereocenters. The Morgan fingerprint density at radius 3 is 1.96 bits per heavy atom. The van der Waals surface area contributed by atoms with Gasteiger partial charge in [0.2, 0.25) is 29.5 Å². The number of nitrogens with one attached hydrogen (secondary N) is 8. The number of amides is 7. The van der Waals surface area contributed by atoms with E-state index in [0.29, 0.717) is 40.9 Å². The lowest BCUT2D eigenvalue weighted by Crippen LogP contribution is -2.56.